The van der Waals surface area contributed by atoms with Gasteiger partial charge in [0.15, 0.2) is 11.5 Å². The van der Waals surface area contributed by atoms with Crippen molar-refractivity contribution < 1.29 is 4.79 Å². The van der Waals surface area contributed by atoms with Crippen LogP contribution in [0.3, 0.4) is 0 Å². The van der Waals surface area contributed by atoms with Crippen LogP contribution in [0.15, 0.2) is 34.7 Å². The van der Waals surface area contributed by atoms with Gasteiger partial charge in [-0.05, 0) is 43.3 Å². The molecule has 0 spiro atoms. The number of amides is 1. The fraction of sp³-hybridized carbons (Fsp3) is 0.375. The van der Waals surface area contributed by atoms with Crippen LogP contribution >= 0.6 is 23.1 Å². The van der Waals surface area contributed by atoms with Crippen molar-refractivity contribution in [3.63, 3.8) is 0 Å². The summed E-state index contributed by atoms with van der Waals surface area (Å²) in [5.74, 6) is 0.933. The molecule has 1 aliphatic rings. The van der Waals surface area contributed by atoms with E-state index in [1.165, 1.54) is 11.8 Å². The van der Waals surface area contributed by atoms with Gasteiger partial charge in [-0.1, -0.05) is 17.8 Å². The van der Waals surface area contributed by atoms with Gasteiger partial charge in [0.05, 0.1) is 10.1 Å². The van der Waals surface area contributed by atoms with E-state index < -0.39 is 0 Å². The smallest absolute Gasteiger partial charge is 0.235 e. The normalized spacial score (nSPS) is 16.0. The van der Waals surface area contributed by atoms with Gasteiger partial charge in [0.1, 0.15) is 5.03 Å². The fourth-order valence-corrected chi connectivity index (χ4v) is 4.40. The predicted octanol–water partition coefficient (Wildman–Crippen LogP) is 2.96. The predicted molar refractivity (Wildman–Crippen MR) is 95.2 cm³/mol. The summed E-state index contributed by atoms with van der Waals surface area (Å²) in [6, 6.07) is 7.78. The van der Waals surface area contributed by atoms with Gasteiger partial charge in [-0.3, -0.25) is 4.79 Å². The van der Waals surface area contributed by atoms with Crippen LogP contribution in [0.25, 0.3) is 16.3 Å². The molecule has 0 aromatic carbocycles. The molecule has 1 amide bonds. The number of aromatic nitrogens is 4. The molecule has 1 unspecified atom stereocenters. The maximum Gasteiger partial charge on any atom is 0.235 e. The van der Waals surface area contributed by atoms with E-state index in [2.05, 4.69) is 15.3 Å². The van der Waals surface area contributed by atoms with Crippen molar-refractivity contribution in [2.45, 2.75) is 30.0 Å². The second-order valence-corrected chi connectivity index (χ2v) is 8.04. The summed E-state index contributed by atoms with van der Waals surface area (Å²) in [7, 11) is 0. The van der Waals surface area contributed by atoms with Crippen LogP contribution in [0.2, 0.25) is 0 Å². The van der Waals surface area contributed by atoms with E-state index in [0.717, 1.165) is 41.7 Å². The third-order valence-corrected chi connectivity index (χ3v) is 5.92. The zero-order chi connectivity index (χ0) is 16.5. The van der Waals surface area contributed by atoms with Crippen molar-refractivity contribution in [3.8, 4) is 10.7 Å². The van der Waals surface area contributed by atoms with Gasteiger partial charge in [0.25, 0.3) is 0 Å². The minimum absolute atomic E-state index is 0.144. The lowest BCUT2D eigenvalue weighted by Crippen LogP contribution is -2.34. The number of thioether (sulfide) groups is 1. The first-order chi connectivity index (χ1) is 11.7. The molecule has 4 heterocycles. The Morgan fingerprint density at radius 3 is 2.83 bits per heavy atom. The molecule has 124 valence electrons. The van der Waals surface area contributed by atoms with Crippen LogP contribution in [0.5, 0.6) is 0 Å². The second kappa shape index (κ2) is 6.52. The quantitative estimate of drug-likeness (QED) is 0.670. The number of hydrogen-bond donors (Lipinski definition) is 0. The molecule has 1 atom stereocenters. The number of carbonyl (C=O) groups excluding carboxylic acids is 1. The Kier molecular flexibility index (Phi) is 4.24. The van der Waals surface area contributed by atoms with E-state index >= 15 is 0 Å². The molecular formula is C16H17N5OS2. The van der Waals surface area contributed by atoms with E-state index in [4.69, 9.17) is 0 Å². The van der Waals surface area contributed by atoms with Gasteiger partial charge in [0.2, 0.25) is 5.91 Å². The van der Waals surface area contributed by atoms with Crippen LogP contribution in [0.1, 0.15) is 19.8 Å². The highest BCUT2D eigenvalue weighted by atomic mass is 32.2. The van der Waals surface area contributed by atoms with Crippen molar-refractivity contribution >= 4 is 34.7 Å². The highest BCUT2D eigenvalue weighted by Gasteiger charge is 2.24. The number of hydrogen-bond acceptors (Lipinski definition) is 6. The van der Waals surface area contributed by atoms with Crippen LogP contribution in [-0.4, -0.2) is 49.0 Å². The number of carbonyl (C=O) groups is 1. The standard InChI is InChI=1S/C16H17N5OS2/c1-11(16(22)20-8-2-3-9-20)24-14-7-6-13-17-18-15(21(13)19-14)12-5-4-10-23-12/h4-7,10-11H,2-3,8-9H2,1H3. The van der Waals surface area contributed by atoms with Gasteiger partial charge in [-0.2, -0.15) is 9.61 Å². The summed E-state index contributed by atoms with van der Waals surface area (Å²) in [5.41, 5.74) is 0.710. The summed E-state index contributed by atoms with van der Waals surface area (Å²) in [5, 5.41) is 15.7. The number of fused-ring (bicyclic) bond motifs is 1. The Bertz CT molecular complexity index is 855. The first-order valence-electron chi connectivity index (χ1n) is 7.94. The maximum atomic E-state index is 12.5. The Morgan fingerprint density at radius 2 is 2.08 bits per heavy atom. The summed E-state index contributed by atoms with van der Waals surface area (Å²) in [6.07, 6.45) is 2.22. The average Bonchev–Trinajstić information content (AvgIpc) is 3.33. The molecule has 8 heteroatoms. The van der Waals surface area contributed by atoms with Crippen molar-refractivity contribution in [2.75, 3.05) is 13.1 Å². The zero-order valence-corrected chi connectivity index (χ0v) is 14.9. The number of likely N-dealkylation sites (tertiary alicyclic amines) is 1. The van der Waals surface area contributed by atoms with Gasteiger partial charge in [0, 0.05) is 13.1 Å². The Hall–Kier alpha value is -1.93. The molecule has 1 saturated heterocycles. The first kappa shape index (κ1) is 15.6. The Morgan fingerprint density at radius 1 is 1.25 bits per heavy atom. The van der Waals surface area contributed by atoms with Crippen molar-refractivity contribution in [2.24, 2.45) is 0 Å². The minimum atomic E-state index is -0.144. The molecule has 3 aromatic rings. The second-order valence-electron chi connectivity index (χ2n) is 5.73. The molecule has 0 radical (unpaired) electrons. The fourth-order valence-electron chi connectivity index (χ4n) is 2.82. The summed E-state index contributed by atoms with van der Waals surface area (Å²) in [4.78, 5) is 15.4. The number of rotatable bonds is 4. The first-order valence-corrected chi connectivity index (χ1v) is 9.70. The third kappa shape index (κ3) is 2.91. The van der Waals surface area contributed by atoms with E-state index in [1.807, 2.05) is 41.5 Å². The van der Waals surface area contributed by atoms with Crippen LogP contribution < -0.4 is 0 Å². The topological polar surface area (TPSA) is 63.4 Å². The summed E-state index contributed by atoms with van der Waals surface area (Å²) < 4.78 is 1.75. The highest BCUT2D eigenvalue weighted by Crippen LogP contribution is 2.27. The van der Waals surface area contributed by atoms with E-state index in [1.54, 1.807) is 15.9 Å². The summed E-state index contributed by atoms with van der Waals surface area (Å²) in [6.45, 7) is 3.71. The van der Waals surface area contributed by atoms with Crippen LogP contribution in [0, 0.1) is 0 Å². The Labute approximate surface area is 147 Å². The van der Waals surface area contributed by atoms with Crippen molar-refractivity contribution in [1.82, 2.24) is 24.7 Å². The van der Waals surface area contributed by atoms with Crippen molar-refractivity contribution in [3.05, 3.63) is 29.6 Å². The molecule has 4 rings (SSSR count). The third-order valence-electron chi connectivity index (χ3n) is 4.04. The lowest BCUT2D eigenvalue weighted by atomic mass is 10.4. The molecule has 0 bridgehead atoms. The monoisotopic (exact) mass is 359 g/mol. The van der Waals surface area contributed by atoms with Crippen LogP contribution in [-0.2, 0) is 4.79 Å². The maximum absolute atomic E-state index is 12.5. The van der Waals surface area contributed by atoms with Crippen molar-refractivity contribution in [1.29, 1.82) is 0 Å². The number of thiophene rings is 1. The Balaban J connectivity index is 1.58. The molecule has 1 aliphatic heterocycles. The molecule has 6 nitrogen and oxygen atoms in total. The van der Waals surface area contributed by atoms with E-state index in [9.17, 15) is 4.79 Å². The molecule has 1 fully saturated rings. The molecule has 0 aliphatic carbocycles. The van der Waals surface area contributed by atoms with Gasteiger partial charge < -0.3 is 4.90 Å². The zero-order valence-electron chi connectivity index (χ0n) is 13.3. The number of nitrogens with zero attached hydrogens (tertiary/aromatic N) is 5. The molecule has 0 N–H and O–H groups in total. The lowest BCUT2D eigenvalue weighted by Gasteiger charge is -2.19. The van der Waals surface area contributed by atoms with Crippen LogP contribution in [0.4, 0.5) is 0 Å². The van der Waals surface area contributed by atoms with E-state index in [-0.39, 0.29) is 11.2 Å². The molecule has 3 aromatic heterocycles. The largest absolute Gasteiger partial charge is 0.342 e. The van der Waals surface area contributed by atoms with Gasteiger partial charge in [-0.15, -0.1) is 21.5 Å². The average molecular weight is 359 g/mol. The summed E-state index contributed by atoms with van der Waals surface area (Å²) >= 11 is 3.09. The van der Waals surface area contributed by atoms with E-state index in [0.29, 0.717) is 5.65 Å². The highest BCUT2D eigenvalue weighted by molar-refractivity contribution is 8.00. The molecule has 0 saturated carbocycles. The van der Waals surface area contributed by atoms with Gasteiger partial charge in [-0.25, -0.2) is 0 Å². The SMILES string of the molecule is CC(Sc1ccc2nnc(-c3cccs3)n2n1)C(=O)N1CCCC1. The molecule has 24 heavy (non-hydrogen) atoms. The minimum Gasteiger partial charge on any atom is -0.342 e. The lowest BCUT2D eigenvalue weighted by molar-refractivity contribution is -0.129. The molecular weight excluding hydrogens is 342 g/mol. The van der Waals surface area contributed by atoms with Gasteiger partial charge >= 0.3 is 0 Å².